The smallest absolute Gasteiger partial charge is 0.190 e. The van der Waals surface area contributed by atoms with Crippen molar-refractivity contribution in [3.8, 4) is 11.3 Å². The number of nitrogens with one attached hydrogen (secondary N) is 1. The first-order valence-electron chi connectivity index (χ1n) is 9.08. The van der Waals surface area contributed by atoms with Gasteiger partial charge in [0.1, 0.15) is 0 Å². The second-order valence-electron chi connectivity index (χ2n) is 6.68. The second-order valence-corrected chi connectivity index (χ2v) is 9.42. The molecule has 0 spiro atoms. The van der Waals surface area contributed by atoms with Crippen LogP contribution in [0.4, 0.5) is 10.3 Å². The molecule has 0 unspecified atom stereocenters. The Morgan fingerprint density at radius 1 is 1.00 bits per heavy atom. The third kappa shape index (κ3) is 3.37. The van der Waals surface area contributed by atoms with Crippen LogP contribution >= 0.6 is 34.4 Å². The van der Waals surface area contributed by atoms with Crippen molar-refractivity contribution < 1.29 is 0 Å². The zero-order chi connectivity index (χ0) is 18.2. The van der Waals surface area contributed by atoms with Crippen LogP contribution < -0.4 is 5.32 Å². The number of benzene rings is 2. The van der Waals surface area contributed by atoms with Crippen molar-refractivity contribution in [3.63, 3.8) is 0 Å². The van der Waals surface area contributed by atoms with Crippen molar-refractivity contribution in [3.05, 3.63) is 52.9 Å². The first-order chi connectivity index (χ1) is 13.3. The third-order valence-electron chi connectivity index (χ3n) is 4.96. The molecule has 0 atom stereocenters. The lowest BCUT2D eigenvalue weighted by atomic mass is 9.90. The molecule has 0 aliphatic heterocycles. The molecule has 0 fully saturated rings. The Hall–Kier alpha value is -1.89. The van der Waals surface area contributed by atoms with Gasteiger partial charge in [-0.1, -0.05) is 29.5 Å². The minimum absolute atomic E-state index is 0.896. The molecule has 6 heteroatoms. The Bertz CT molecular complexity index is 1110. The highest BCUT2D eigenvalue weighted by molar-refractivity contribution is 7.98. The molecule has 0 saturated carbocycles. The molecule has 0 saturated heterocycles. The van der Waals surface area contributed by atoms with Gasteiger partial charge in [-0.3, -0.25) is 0 Å². The van der Waals surface area contributed by atoms with E-state index in [0.29, 0.717) is 0 Å². The van der Waals surface area contributed by atoms with Crippen LogP contribution in [0.3, 0.4) is 0 Å². The summed E-state index contributed by atoms with van der Waals surface area (Å²) >= 11 is 5.05. The minimum Gasteiger partial charge on any atom is -0.307 e. The molecule has 136 valence electrons. The highest BCUT2D eigenvalue weighted by Crippen LogP contribution is 2.35. The standard InChI is InChI=1S/C21H19N3S3/c1-25-17-7-4-8-18-19(17)23-21(27-18)24-20-22-16(12-26-20)15-10-9-13-5-2-3-6-14(13)11-15/h4,7-12H,2-3,5-6H2,1H3,(H,22,23,24). The Kier molecular flexibility index (Phi) is 4.63. The third-order valence-corrected chi connectivity index (χ3v) is 7.43. The van der Waals surface area contributed by atoms with E-state index in [-0.39, 0.29) is 0 Å². The largest absolute Gasteiger partial charge is 0.307 e. The van der Waals surface area contributed by atoms with Crippen molar-refractivity contribution >= 4 is 54.9 Å². The number of aromatic nitrogens is 2. The highest BCUT2D eigenvalue weighted by Gasteiger charge is 2.13. The van der Waals surface area contributed by atoms with E-state index < -0.39 is 0 Å². The van der Waals surface area contributed by atoms with E-state index in [1.165, 1.54) is 52.0 Å². The van der Waals surface area contributed by atoms with Crippen molar-refractivity contribution in [1.29, 1.82) is 0 Å². The van der Waals surface area contributed by atoms with E-state index in [2.05, 4.69) is 53.4 Å². The summed E-state index contributed by atoms with van der Waals surface area (Å²) in [7, 11) is 0. The van der Waals surface area contributed by atoms with Crippen LogP contribution in [-0.2, 0) is 12.8 Å². The van der Waals surface area contributed by atoms with E-state index in [1.807, 2.05) is 0 Å². The van der Waals surface area contributed by atoms with Crippen molar-refractivity contribution in [2.75, 3.05) is 11.6 Å². The minimum atomic E-state index is 0.896. The maximum absolute atomic E-state index is 4.81. The van der Waals surface area contributed by atoms with Gasteiger partial charge in [0.2, 0.25) is 0 Å². The van der Waals surface area contributed by atoms with Crippen molar-refractivity contribution in [2.45, 2.75) is 30.6 Å². The number of aryl methyl sites for hydroxylation is 2. The molecule has 1 aliphatic carbocycles. The number of thiazole rings is 2. The molecular formula is C21H19N3S3. The molecule has 2 aromatic heterocycles. The number of rotatable bonds is 4. The summed E-state index contributed by atoms with van der Waals surface area (Å²) in [6.07, 6.45) is 7.12. The van der Waals surface area contributed by atoms with Gasteiger partial charge in [0.25, 0.3) is 0 Å². The van der Waals surface area contributed by atoms with Gasteiger partial charge in [0.05, 0.1) is 15.9 Å². The summed E-state index contributed by atoms with van der Waals surface area (Å²) in [4.78, 5) is 10.8. The average Bonchev–Trinajstić information content (AvgIpc) is 3.34. The molecule has 27 heavy (non-hydrogen) atoms. The van der Waals surface area contributed by atoms with E-state index in [1.54, 1.807) is 34.4 Å². The van der Waals surface area contributed by atoms with Crippen LogP contribution in [0.2, 0.25) is 0 Å². The second kappa shape index (κ2) is 7.26. The molecule has 0 bridgehead atoms. The number of anilines is 2. The molecule has 5 rings (SSSR count). The maximum Gasteiger partial charge on any atom is 0.190 e. The zero-order valence-corrected chi connectivity index (χ0v) is 17.4. The van der Waals surface area contributed by atoms with E-state index in [9.17, 15) is 0 Å². The number of fused-ring (bicyclic) bond motifs is 2. The topological polar surface area (TPSA) is 37.8 Å². The maximum atomic E-state index is 4.81. The monoisotopic (exact) mass is 409 g/mol. The van der Waals surface area contributed by atoms with Gasteiger partial charge in [-0.25, -0.2) is 9.97 Å². The average molecular weight is 410 g/mol. The van der Waals surface area contributed by atoms with Crippen molar-refractivity contribution in [1.82, 2.24) is 9.97 Å². The summed E-state index contributed by atoms with van der Waals surface area (Å²) in [6, 6.07) is 13.2. The van der Waals surface area contributed by atoms with Gasteiger partial charge in [0.15, 0.2) is 10.3 Å². The van der Waals surface area contributed by atoms with E-state index in [4.69, 9.17) is 9.97 Å². The molecular weight excluding hydrogens is 390 g/mol. The molecule has 4 aromatic rings. The highest BCUT2D eigenvalue weighted by atomic mass is 32.2. The molecule has 0 radical (unpaired) electrons. The quantitative estimate of drug-likeness (QED) is 0.378. The van der Waals surface area contributed by atoms with Crippen LogP contribution in [0.5, 0.6) is 0 Å². The van der Waals surface area contributed by atoms with E-state index >= 15 is 0 Å². The molecule has 0 amide bonds. The Balaban J connectivity index is 1.41. The van der Waals surface area contributed by atoms with Gasteiger partial charge in [-0.15, -0.1) is 23.1 Å². The summed E-state index contributed by atoms with van der Waals surface area (Å²) in [6.45, 7) is 0. The van der Waals surface area contributed by atoms with Crippen LogP contribution in [0, 0.1) is 0 Å². The molecule has 1 aliphatic rings. The van der Waals surface area contributed by atoms with Crippen LogP contribution in [0.15, 0.2) is 46.7 Å². The normalized spacial score (nSPS) is 13.7. The number of hydrogen-bond donors (Lipinski definition) is 1. The lowest BCUT2D eigenvalue weighted by molar-refractivity contribution is 0.686. The predicted octanol–water partition coefficient (Wildman–Crippen LogP) is 6.76. The number of hydrogen-bond acceptors (Lipinski definition) is 6. The molecule has 2 aromatic carbocycles. The Labute approximate surface area is 170 Å². The molecule has 1 N–H and O–H groups in total. The van der Waals surface area contributed by atoms with Gasteiger partial charge >= 0.3 is 0 Å². The Morgan fingerprint density at radius 3 is 2.78 bits per heavy atom. The van der Waals surface area contributed by atoms with Crippen LogP contribution in [0.25, 0.3) is 21.5 Å². The number of thioether (sulfide) groups is 1. The SMILES string of the molecule is CSc1cccc2sc(Nc3nc(-c4ccc5c(c4)CCCC5)cs3)nc12. The number of nitrogens with zero attached hydrogens (tertiary/aromatic N) is 2. The summed E-state index contributed by atoms with van der Waals surface area (Å²) in [5.41, 5.74) is 6.34. The molecule has 3 nitrogen and oxygen atoms in total. The first-order valence-corrected chi connectivity index (χ1v) is 12.0. The van der Waals surface area contributed by atoms with Crippen molar-refractivity contribution in [2.24, 2.45) is 0 Å². The summed E-state index contributed by atoms with van der Waals surface area (Å²) in [5.74, 6) is 0. The fraction of sp³-hybridized carbons (Fsp3) is 0.238. The lowest BCUT2D eigenvalue weighted by Crippen LogP contribution is -2.02. The first kappa shape index (κ1) is 17.2. The van der Waals surface area contributed by atoms with Gasteiger partial charge in [-0.05, 0) is 61.3 Å². The van der Waals surface area contributed by atoms with Crippen LogP contribution in [-0.4, -0.2) is 16.2 Å². The fourth-order valence-electron chi connectivity index (χ4n) is 3.59. The Morgan fingerprint density at radius 2 is 1.89 bits per heavy atom. The van der Waals surface area contributed by atoms with Crippen LogP contribution in [0.1, 0.15) is 24.0 Å². The van der Waals surface area contributed by atoms with Gasteiger partial charge < -0.3 is 5.32 Å². The zero-order valence-electron chi connectivity index (χ0n) is 15.0. The summed E-state index contributed by atoms with van der Waals surface area (Å²) in [5, 5.41) is 7.33. The predicted molar refractivity (Wildman–Crippen MR) is 119 cm³/mol. The number of para-hydroxylation sites is 1. The molecule has 2 heterocycles. The van der Waals surface area contributed by atoms with Gasteiger partial charge in [-0.2, -0.15) is 0 Å². The lowest BCUT2D eigenvalue weighted by Gasteiger charge is -2.16. The fourth-order valence-corrected chi connectivity index (χ4v) is 5.89. The summed E-state index contributed by atoms with van der Waals surface area (Å²) < 4.78 is 1.20. The van der Waals surface area contributed by atoms with Gasteiger partial charge in [0, 0.05) is 15.8 Å². The van der Waals surface area contributed by atoms with E-state index in [0.717, 1.165) is 21.5 Å².